The van der Waals surface area contributed by atoms with Gasteiger partial charge in [-0.2, -0.15) is 0 Å². The van der Waals surface area contributed by atoms with Crippen LogP contribution in [0.15, 0.2) is 208 Å². The number of pyridine rings is 3. The normalized spacial score (nSPS) is 12.8. The Morgan fingerprint density at radius 2 is 1.10 bits per heavy atom. The van der Waals surface area contributed by atoms with E-state index in [-0.39, 0.29) is 0 Å². The fourth-order valence-electron chi connectivity index (χ4n) is 9.45. The molecule has 11 aromatic rings. The van der Waals surface area contributed by atoms with E-state index < -0.39 is 0 Å². The van der Waals surface area contributed by atoms with Crippen LogP contribution in [0.5, 0.6) is 0 Å². The molecule has 338 valence electrons. The maximum absolute atomic E-state index is 4.99. The number of hydrogen-bond acceptors (Lipinski definition) is 9. The Balaban J connectivity index is 0.899. The molecular formula is C60H43N11. The zero-order valence-electron chi connectivity index (χ0n) is 38.7. The zero-order chi connectivity index (χ0) is 47.8. The first kappa shape index (κ1) is 42.7. The fourth-order valence-corrected chi connectivity index (χ4v) is 9.45. The molecule has 12 rings (SSSR count). The average Bonchev–Trinajstić information content (AvgIpc) is 3.96. The van der Waals surface area contributed by atoms with Gasteiger partial charge in [0, 0.05) is 104 Å². The van der Waals surface area contributed by atoms with Crippen molar-refractivity contribution >= 4 is 49.6 Å². The molecule has 0 radical (unpaired) electrons. The van der Waals surface area contributed by atoms with Gasteiger partial charge in [0.2, 0.25) is 0 Å². The molecular weight excluding hydrogens is 875 g/mol. The minimum Gasteiger partial charge on any atom is -0.320 e. The lowest BCUT2D eigenvalue weighted by atomic mass is 10.0. The van der Waals surface area contributed by atoms with Gasteiger partial charge in [-0.1, -0.05) is 79.9 Å². The topological polar surface area (TPSA) is 126 Å². The van der Waals surface area contributed by atoms with E-state index in [0.717, 1.165) is 90.4 Å². The molecule has 0 spiro atoms. The number of fused-ring (bicyclic) bond motifs is 4. The highest BCUT2D eigenvalue weighted by atomic mass is 15.1. The van der Waals surface area contributed by atoms with Gasteiger partial charge in [0.1, 0.15) is 0 Å². The molecule has 71 heavy (non-hydrogen) atoms. The third kappa shape index (κ3) is 8.00. The number of hydrogen-bond donors (Lipinski definition) is 0. The molecule has 1 aliphatic rings. The van der Waals surface area contributed by atoms with Crippen LogP contribution in [0.25, 0.3) is 112 Å². The molecule has 0 bridgehead atoms. The maximum Gasteiger partial charge on any atom is 0.164 e. The summed E-state index contributed by atoms with van der Waals surface area (Å²) in [5, 5.41) is 3.53. The van der Waals surface area contributed by atoms with E-state index in [1.165, 1.54) is 16.6 Å². The Kier molecular flexibility index (Phi) is 10.9. The van der Waals surface area contributed by atoms with Crippen LogP contribution in [-0.4, -0.2) is 54.0 Å². The first-order chi connectivity index (χ1) is 35.0. The average molecular weight is 918 g/mol. The number of aromatic nitrogens is 11. The minimum absolute atomic E-state index is 0.511. The Bertz CT molecular complexity index is 3920. The Morgan fingerprint density at radius 3 is 1.75 bits per heavy atom. The van der Waals surface area contributed by atoms with Crippen LogP contribution in [0.4, 0.5) is 0 Å². The Labute approximate surface area is 409 Å². The van der Waals surface area contributed by atoms with E-state index in [0.29, 0.717) is 34.9 Å². The molecule has 11 heteroatoms. The molecule has 0 fully saturated rings. The van der Waals surface area contributed by atoms with Gasteiger partial charge in [-0.15, -0.1) is 0 Å². The summed E-state index contributed by atoms with van der Waals surface area (Å²) >= 11 is 0. The first-order valence-electron chi connectivity index (χ1n) is 23.4. The number of nitrogens with zero attached hydrogens (tertiary/aromatic N) is 11. The lowest BCUT2D eigenvalue weighted by molar-refractivity contribution is 0.955. The molecule has 0 N–H and O–H groups in total. The summed E-state index contributed by atoms with van der Waals surface area (Å²) in [6, 6.07) is 42.0. The minimum atomic E-state index is 0.511. The molecule has 0 aliphatic heterocycles. The van der Waals surface area contributed by atoms with Crippen molar-refractivity contribution < 1.29 is 0 Å². The Morgan fingerprint density at radius 1 is 0.521 bits per heavy atom. The first-order valence-corrected chi connectivity index (χ1v) is 23.4. The van der Waals surface area contributed by atoms with Crippen molar-refractivity contribution in [2.45, 2.75) is 19.8 Å². The highest BCUT2D eigenvalue weighted by molar-refractivity contribution is 6.10. The SMILES string of the molecule is C=C/C=C(\C=C)c1nc(-c2ccncc2)nc(-c2cccc(-n3c4ccccc4c4cc(-c5ccc6c(c5)c(C)cn6C5=CC(c6nc(-c7ccncc7)nc(-c7ccncc7)n6)=CCC5)ccc43)c2)n1. The summed E-state index contributed by atoms with van der Waals surface area (Å²) in [5.41, 5.74) is 14.2. The molecule has 0 amide bonds. The molecule has 0 saturated heterocycles. The number of allylic oxidation sites excluding steroid dienone is 8. The number of para-hydroxylation sites is 1. The van der Waals surface area contributed by atoms with Crippen LogP contribution in [0.3, 0.4) is 0 Å². The largest absolute Gasteiger partial charge is 0.320 e. The van der Waals surface area contributed by atoms with Gasteiger partial charge in [0.25, 0.3) is 0 Å². The standard InChI is InChI=1S/C60H43N11/c1-4-10-39(5-2)55-64-56(40-21-27-61-28-22-40)67-60(65-55)46-12-9-14-48(34-46)71-53-16-7-6-15-49(53)51-36-44(18-20-54(51)71)43-17-19-52-50(35-43)38(3)37-70(52)47-13-8-11-45(33-47)59-68-57(41-23-29-62-30-24-41)66-58(69-59)42-25-31-63-32-26-42/h4-7,9-12,14-37H,1-2,8,13H2,3H3/b39-10+. The van der Waals surface area contributed by atoms with Crippen molar-refractivity contribution in [3.63, 3.8) is 0 Å². The van der Waals surface area contributed by atoms with Crippen molar-refractivity contribution in [3.05, 3.63) is 225 Å². The molecule has 0 saturated carbocycles. The van der Waals surface area contributed by atoms with Crippen LogP contribution in [0.2, 0.25) is 0 Å². The highest BCUT2D eigenvalue weighted by Gasteiger charge is 2.20. The van der Waals surface area contributed by atoms with Gasteiger partial charge in [-0.25, -0.2) is 29.9 Å². The molecule has 11 nitrogen and oxygen atoms in total. The van der Waals surface area contributed by atoms with Gasteiger partial charge in [-0.05, 0) is 121 Å². The Hall–Kier alpha value is -9.61. The molecule has 4 aromatic carbocycles. The van der Waals surface area contributed by atoms with Crippen molar-refractivity contribution in [1.82, 2.24) is 54.0 Å². The monoisotopic (exact) mass is 917 g/mol. The molecule has 0 atom stereocenters. The van der Waals surface area contributed by atoms with Gasteiger partial charge < -0.3 is 9.13 Å². The van der Waals surface area contributed by atoms with Crippen molar-refractivity contribution in [2.24, 2.45) is 0 Å². The molecule has 7 aromatic heterocycles. The second kappa shape index (κ2) is 18.1. The maximum atomic E-state index is 4.99. The summed E-state index contributed by atoms with van der Waals surface area (Å²) in [4.78, 5) is 42.2. The van der Waals surface area contributed by atoms with E-state index in [1.54, 1.807) is 49.3 Å². The third-order valence-electron chi connectivity index (χ3n) is 12.9. The summed E-state index contributed by atoms with van der Waals surface area (Å²) in [5.74, 6) is 3.43. The lowest BCUT2D eigenvalue weighted by Gasteiger charge is -2.17. The van der Waals surface area contributed by atoms with Crippen LogP contribution in [0, 0.1) is 6.92 Å². The number of aryl methyl sites for hydroxylation is 1. The van der Waals surface area contributed by atoms with Gasteiger partial charge in [0.05, 0.1) is 16.6 Å². The predicted molar refractivity (Wildman–Crippen MR) is 285 cm³/mol. The van der Waals surface area contributed by atoms with Gasteiger partial charge in [-0.3, -0.25) is 15.0 Å². The summed E-state index contributed by atoms with van der Waals surface area (Å²) in [6.45, 7) is 10.1. The zero-order valence-corrected chi connectivity index (χ0v) is 38.7. The summed E-state index contributed by atoms with van der Waals surface area (Å²) in [6.07, 6.45) is 24.2. The van der Waals surface area contributed by atoms with Crippen LogP contribution >= 0.6 is 0 Å². The van der Waals surface area contributed by atoms with Crippen LogP contribution in [0.1, 0.15) is 30.1 Å². The molecule has 7 heterocycles. The van der Waals surface area contributed by atoms with Gasteiger partial charge >= 0.3 is 0 Å². The predicted octanol–water partition coefficient (Wildman–Crippen LogP) is 13.4. The van der Waals surface area contributed by atoms with Crippen LogP contribution in [-0.2, 0) is 0 Å². The van der Waals surface area contributed by atoms with Gasteiger partial charge in [0.15, 0.2) is 34.9 Å². The fraction of sp³-hybridized carbons (Fsp3) is 0.0500. The van der Waals surface area contributed by atoms with Crippen molar-refractivity contribution in [3.8, 4) is 62.4 Å². The van der Waals surface area contributed by atoms with Crippen LogP contribution < -0.4 is 0 Å². The third-order valence-corrected chi connectivity index (χ3v) is 12.9. The smallest absolute Gasteiger partial charge is 0.164 e. The summed E-state index contributed by atoms with van der Waals surface area (Å²) < 4.78 is 4.65. The second-order valence-corrected chi connectivity index (χ2v) is 17.3. The highest BCUT2D eigenvalue weighted by Crippen LogP contribution is 2.38. The van der Waals surface area contributed by atoms with E-state index in [2.05, 4.69) is 141 Å². The van der Waals surface area contributed by atoms with E-state index in [9.17, 15) is 0 Å². The second-order valence-electron chi connectivity index (χ2n) is 17.3. The van der Waals surface area contributed by atoms with Crippen molar-refractivity contribution in [2.75, 3.05) is 0 Å². The van der Waals surface area contributed by atoms with Crippen molar-refractivity contribution in [1.29, 1.82) is 0 Å². The van der Waals surface area contributed by atoms with E-state index in [1.807, 2.05) is 48.5 Å². The summed E-state index contributed by atoms with van der Waals surface area (Å²) in [7, 11) is 0. The molecule has 0 unspecified atom stereocenters. The number of rotatable bonds is 11. The quantitative estimate of drug-likeness (QED) is 0.117. The van der Waals surface area contributed by atoms with E-state index in [4.69, 9.17) is 29.9 Å². The lowest BCUT2D eigenvalue weighted by Crippen LogP contribution is -2.05. The number of benzene rings is 4. The van der Waals surface area contributed by atoms with E-state index >= 15 is 0 Å². The molecule has 1 aliphatic carbocycles.